The van der Waals surface area contributed by atoms with Crippen molar-refractivity contribution < 1.29 is 14.3 Å². The molecule has 0 bridgehead atoms. The fourth-order valence-electron chi connectivity index (χ4n) is 3.90. The first-order chi connectivity index (χ1) is 14.2. The highest BCUT2D eigenvalue weighted by atomic mass is 16.5. The third-order valence-corrected chi connectivity index (χ3v) is 5.56. The highest BCUT2D eigenvalue weighted by molar-refractivity contribution is 5.91. The van der Waals surface area contributed by atoms with Crippen molar-refractivity contribution in [2.24, 2.45) is 5.92 Å². The number of benzene rings is 1. The molecular formula is C22H26N4O3. The summed E-state index contributed by atoms with van der Waals surface area (Å²) in [7, 11) is 1.48. The maximum absolute atomic E-state index is 12.8. The summed E-state index contributed by atoms with van der Waals surface area (Å²) in [4.78, 5) is 33.0. The summed E-state index contributed by atoms with van der Waals surface area (Å²) in [5.41, 5.74) is 1.91. The van der Waals surface area contributed by atoms with Crippen LogP contribution in [0.15, 0.2) is 48.7 Å². The number of piperazine rings is 1. The van der Waals surface area contributed by atoms with E-state index >= 15 is 0 Å². The molecule has 4 rings (SSSR count). The van der Waals surface area contributed by atoms with Crippen molar-refractivity contribution in [1.82, 2.24) is 9.88 Å². The molecule has 2 heterocycles. The van der Waals surface area contributed by atoms with Gasteiger partial charge < -0.3 is 19.9 Å². The second-order valence-corrected chi connectivity index (χ2v) is 7.56. The predicted octanol–water partition coefficient (Wildman–Crippen LogP) is 2.12. The first-order valence-corrected chi connectivity index (χ1v) is 9.99. The number of pyridine rings is 1. The monoisotopic (exact) mass is 394 g/mol. The average molecular weight is 394 g/mol. The Morgan fingerprint density at radius 3 is 2.52 bits per heavy atom. The lowest BCUT2D eigenvalue weighted by Gasteiger charge is -2.35. The van der Waals surface area contributed by atoms with Crippen LogP contribution in [-0.2, 0) is 14.3 Å². The van der Waals surface area contributed by atoms with Gasteiger partial charge in [0, 0.05) is 39.2 Å². The van der Waals surface area contributed by atoms with Gasteiger partial charge in [-0.05, 0) is 30.0 Å². The minimum absolute atomic E-state index is 0.0177. The van der Waals surface area contributed by atoms with E-state index < -0.39 is 0 Å². The Morgan fingerprint density at radius 2 is 1.86 bits per heavy atom. The molecule has 2 atom stereocenters. The molecule has 2 amide bonds. The van der Waals surface area contributed by atoms with Gasteiger partial charge in [-0.3, -0.25) is 9.59 Å². The fourth-order valence-corrected chi connectivity index (χ4v) is 3.90. The minimum Gasteiger partial charge on any atom is -0.375 e. The molecule has 0 radical (unpaired) electrons. The van der Waals surface area contributed by atoms with Gasteiger partial charge in [-0.2, -0.15) is 0 Å². The highest BCUT2D eigenvalue weighted by Crippen LogP contribution is 2.48. The van der Waals surface area contributed by atoms with Gasteiger partial charge in [0.2, 0.25) is 11.8 Å². The number of carbonyl (C=O) groups excluding carboxylic acids is 2. The van der Waals surface area contributed by atoms with Crippen molar-refractivity contribution in [2.45, 2.75) is 12.3 Å². The topological polar surface area (TPSA) is 74.8 Å². The van der Waals surface area contributed by atoms with E-state index in [1.165, 1.54) is 12.7 Å². The van der Waals surface area contributed by atoms with Gasteiger partial charge in [-0.25, -0.2) is 4.98 Å². The summed E-state index contributed by atoms with van der Waals surface area (Å²) >= 11 is 0. The number of aromatic nitrogens is 1. The van der Waals surface area contributed by atoms with Crippen LogP contribution in [0.3, 0.4) is 0 Å². The average Bonchev–Trinajstić information content (AvgIpc) is 3.56. The molecular weight excluding hydrogens is 368 g/mol. The Morgan fingerprint density at radius 1 is 1.10 bits per heavy atom. The summed E-state index contributed by atoms with van der Waals surface area (Å²) < 4.78 is 4.80. The van der Waals surface area contributed by atoms with Crippen LogP contribution in [-0.4, -0.2) is 61.6 Å². The molecule has 1 aromatic heterocycles. The predicted molar refractivity (Wildman–Crippen MR) is 111 cm³/mol. The number of ether oxygens (including phenoxy) is 1. The zero-order valence-electron chi connectivity index (χ0n) is 16.6. The van der Waals surface area contributed by atoms with Crippen LogP contribution < -0.4 is 10.2 Å². The molecule has 1 N–H and O–H groups in total. The number of rotatable bonds is 6. The maximum atomic E-state index is 12.8. The molecule has 1 unspecified atom stereocenters. The van der Waals surface area contributed by atoms with Crippen LogP contribution in [0.5, 0.6) is 0 Å². The molecule has 1 aliphatic heterocycles. The summed E-state index contributed by atoms with van der Waals surface area (Å²) in [6.07, 6.45) is 2.61. The zero-order chi connectivity index (χ0) is 20.2. The Hall–Kier alpha value is -2.93. The number of anilines is 2. The lowest BCUT2D eigenvalue weighted by molar-refractivity contribution is -0.133. The number of hydrogen-bond acceptors (Lipinski definition) is 5. The standard InChI is InChI=1S/C22H26N4O3/c1-29-15-21(27)24-17-7-8-20(23-14-17)25-9-11-26(12-10-25)22(28)19-13-18(19)16-5-3-2-4-6-16/h2-8,14,18-19H,9-13,15H2,1H3,(H,24,27)/t18-,19?/m0/s1. The second kappa shape index (κ2) is 8.61. The van der Waals surface area contributed by atoms with Crippen LogP contribution in [0.1, 0.15) is 17.9 Å². The Kier molecular flexibility index (Phi) is 5.76. The van der Waals surface area contributed by atoms with Gasteiger partial charge in [-0.1, -0.05) is 30.3 Å². The van der Waals surface area contributed by atoms with Crippen molar-refractivity contribution >= 4 is 23.3 Å². The molecule has 0 spiro atoms. The van der Waals surface area contributed by atoms with Gasteiger partial charge >= 0.3 is 0 Å². The van der Waals surface area contributed by atoms with Crippen LogP contribution in [0.25, 0.3) is 0 Å². The quantitative estimate of drug-likeness (QED) is 0.812. The van der Waals surface area contributed by atoms with Crippen molar-refractivity contribution in [3.05, 3.63) is 54.2 Å². The third-order valence-electron chi connectivity index (χ3n) is 5.56. The largest absolute Gasteiger partial charge is 0.375 e. The van der Waals surface area contributed by atoms with Crippen molar-refractivity contribution in [3.63, 3.8) is 0 Å². The zero-order valence-corrected chi connectivity index (χ0v) is 16.6. The van der Waals surface area contributed by atoms with Gasteiger partial charge in [0.15, 0.2) is 0 Å². The fraction of sp³-hybridized carbons (Fsp3) is 0.409. The molecule has 152 valence electrons. The molecule has 1 saturated heterocycles. The molecule has 7 nitrogen and oxygen atoms in total. The minimum atomic E-state index is -0.206. The molecule has 1 aliphatic carbocycles. The van der Waals surface area contributed by atoms with E-state index in [2.05, 4.69) is 27.3 Å². The number of amides is 2. The number of hydrogen-bond donors (Lipinski definition) is 1. The van der Waals surface area contributed by atoms with E-state index in [1.807, 2.05) is 35.2 Å². The first-order valence-electron chi connectivity index (χ1n) is 9.99. The van der Waals surface area contributed by atoms with E-state index in [9.17, 15) is 9.59 Å². The SMILES string of the molecule is COCC(=O)Nc1ccc(N2CCN(C(=O)C3C[C@H]3c3ccccc3)CC2)nc1. The van der Waals surface area contributed by atoms with Gasteiger partial charge in [0.25, 0.3) is 0 Å². The van der Waals surface area contributed by atoms with Gasteiger partial charge in [0.05, 0.1) is 11.9 Å². The summed E-state index contributed by atoms with van der Waals surface area (Å²) in [5, 5.41) is 2.73. The maximum Gasteiger partial charge on any atom is 0.250 e. The van der Waals surface area contributed by atoms with Crippen LogP contribution >= 0.6 is 0 Å². The van der Waals surface area contributed by atoms with E-state index in [0.29, 0.717) is 24.7 Å². The molecule has 7 heteroatoms. The Balaban J connectivity index is 1.27. The van der Waals surface area contributed by atoms with E-state index in [0.717, 1.165) is 25.3 Å². The smallest absolute Gasteiger partial charge is 0.250 e. The van der Waals surface area contributed by atoms with Crippen LogP contribution in [0, 0.1) is 5.92 Å². The highest BCUT2D eigenvalue weighted by Gasteiger charge is 2.46. The van der Waals surface area contributed by atoms with Gasteiger partial charge in [0.1, 0.15) is 12.4 Å². The summed E-state index contributed by atoms with van der Waals surface area (Å²) in [6.45, 7) is 2.97. The number of methoxy groups -OCH3 is 1. The number of nitrogens with zero attached hydrogens (tertiary/aromatic N) is 3. The first kappa shape index (κ1) is 19.4. The van der Waals surface area contributed by atoms with Crippen molar-refractivity contribution in [1.29, 1.82) is 0 Å². The number of nitrogens with one attached hydrogen (secondary N) is 1. The van der Waals surface area contributed by atoms with Crippen LogP contribution in [0.2, 0.25) is 0 Å². The normalized spacial score (nSPS) is 21.0. The van der Waals surface area contributed by atoms with Crippen molar-refractivity contribution in [3.8, 4) is 0 Å². The number of carbonyl (C=O) groups is 2. The molecule has 2 aliphatic rings. The Bertz CT molecular complexity index is 848. The van der Waals surface area contributed by atoms with Gasteiger partial charge in [-0.15, -0.1) is 0 Å². The summed E-state index contributed by atoms with van der Waals surface area (Å²) in [6, 6.07) is 14.0. The second-order valence-electron chi connectivity index (χ2n) is 7.56. The molecule has 1 saturated carbocycles. The van der Waals surface area contributed by atoms with E-state index in [-0.39, 0.29) is 24.3 Å². The van der Waals surface area contributed by atoms with Crippen LogP contribution in [0.4, 0.5) is 11.5 Å². The van der Waals surface area contributed by atoms with Crippen molar-refractivity contribution in [2.75, 3.05) is 50.1 Å². The lowest BCUT2D eigenvalue weighted by atomic mass is 10.1. The molecule has 29 heavy (non-hydrogen) atoms. The molecule has 2 aromatic rings. The molecule has 1 aromatic carbocycles. The van der Waals surface area contributed by atoms with E-state index in [1.54, 1.807) is 6.20 Å². The third kappa shape index (κ3) is 4.56. The lowest BCUT2D eigenvalue weighted by Crippen LogP contribution is -2.49. The van der Waals surface area contributed by atoms with E-state index in [4.69, 9.17) is 4.74 Å². The molecule has 2 fully saturated rings. The summed E-state index contributed by atoms with van der Waals surface area (Å²) in [5.74, 6) is 1.45. The Labute approximate surface area is 170 Å².